The monoisotopic (exact) mass is 1020 g/mol. The van der Waals surface area contributed by atoms with E-state index in [9.17, 15) is 14.4 Å². The molecule has 0 bridgehead atoms. The van der Waals surface area contributed by atoms with Gasteiger partial charge in [0.05, 0.1) is 0 Å². The Hall–Kier alpha value is -1.59. The van der Waals surface area contributed by atoms with E-state index in [0.29, 0.717) is 19.3 Å². The minimum absolute atomic E-state index is 0.0616. The molecule has 0 aliphatic heterocycles. The highest BCUT2D eigenvalue weighted by molar-refractivity contribution is 5.71. The van der Waals surface area contributed by atoms with Crippen LogP contribution >= 0.6 is 0 Å². The number of hydrogen-bond acceptors (Lipinski definition) is 6. The van der Waals surface area contributed by atoms with Crippen LogP contribution in [-0.4, -0.2) is 37.2 Å². The van der Waals surface area contributed by atoms with Crippen LogP contribution in [0, 0.1) is 11.8 Å². The van der Waals surface area contributed by atoms with Gasteiger partial charge in [0.15, 0.2) is 6.10 Å². The molecule has 0 N–H and O–H groups in total. The van der Waals surface area contributed by atoms with Crippen LogP contribution in [0.3, 0.4) is 0 Å². The molecule has 0 aliphatic carbocycles. The first-order valence-corrected chi connectivity index (χ1v) is 32.7. The Balaban J connectivity index is 4.28. The Morgan fingerprint density at radius 1 is 0.264 bits per heavy atom. The Morgan fingerprint density at radius 3 is 0.681 bits per heavy atom. The summed E-state index contributed by atoms with van der Waals surface area (Å²) in [5.74, 6) is 0.874. The van der Waals surface area contributed by atoms with Crippen molar-refractivity contribution in [1.82, 2.24) is 0 Å². The zero-order valence-corrected chi connectivity index (χ0v) is 49.6. The third-order valence-electron chi connectivity index (χ3n) is 15.2. The fourth-order valence-electron chi connectivity index (χ4n) is 10.3. The summed E-state index contributed by atoms with van der Waals surface area (Å²) in [7, 11) is 0. The SMILES string of the molecule is CCCCCCCCCCCCCCCCCCC(=O)OC[C@@H](COC(=O)CCCCCCCCCCCCCCCCC(C)C)OC(=O)CCCCCCCCCCCCCCCCCCCCC(C)C. The summed E-state index contributed by atoms with van der Waals surface area (Å²) in [6.45, 7) is 11.5. The van der Waals surface area contributed by atoms with Crippen molar-refractivity contribution < 1.29 is 28.6 Å². The molecule has 428 valence electrons. The molecule has 0 spiro atoms. The number of carbonyl (C=O) groups is 3. The Morgan fingerprint density at radius 2 is 0.458 bits per heavy atom. The fourth-order valence-corrected chi connectivity index (χ4v) is 10.3. The molecule has 0 radical (unpaired) electrons. The molecule has 72 heavy (non-hydrogen) atoms. The molecule has 0 saturated heterocycles. The zero-order chi connectivity index (χ0) is 52.5. The van der Waals surface area contributed by atoms with Gasteiger partial charge in [-0.3, -0.25) is 14.4 Å². The van der Waals surface area contributed by atoms with Gasteiger partial charge in [-0.05, 0) is 31.1 Å². The van der Waals surface area contributed by atoms with Crippen LogP contribution in [0.2, 0.25) is 0 Å². The van der Waals surface area contributed by atoms with Gasteiger partial charge in [0.2, 0.25) is 0 Å². The topological polar surface area (TPSA) is 78.9 Å². The Bertz CT molecular complexity index is 1100. The Labute approximate surface area is 450 Å². The van der Waals surface area contributed by atoms with Gasteiger partial charge in [0.1, 0.15) is 13.2 Å². The highest BCUT2D eigenvalue weighted by Gasteiger charge is 2.19. The maximum atomic E-state index is 12.9. The van der Waals surface area contributed by atoms with Gasteiger partial charge < -0.3 is 14.2 Å². The highest BCUT2D eigenvalue weighted by atomic mass is 16.6. The molecule has 0 aromatic carbocycles. The first kappa shape index (κ1) is 70.4. The number of ether oxygens (including phenoxy) is 3. The van der Waals surface area contributed by atoms with Crippen LogP contribution in [0.5, 0.6) is 0 Å². The quantitative estimate of drug-likeness (QED) is 0.0343. The standard InChI is InChI=1S/C66H128O6/c1-6-7-8-9-10-11-12-13-14-20-26-31-36-41-46-51-56-64(67)70-59-63(60-71-65(68)57-52-47-42-37-32-27-23-22-25-30-35-40-45-50-55-62(4)5)72-66(69)58-53-48-43-38-33-28-21-18-16-15-17-19-24-29-34-39-44-49-54-61(2)3/h61-63H,6-60H2,1-5H3/t63-/m0/s1. The predicted octanol–water partition coefficient (Wildman–Crippen LogP) is 22.0. The Kier molecular flexibility index (Phi) is 57.4. The molecule has 0 aliphatic rings. The van der Waals surface area contributed by atoms with Crippen LogP contribution in [0.25, 0.3) is 0 Å². The van der Waals surface area contributed by atoms with Gasteiger partial charge in [-0.25, -0.2) is 0 Å². The lowest BCUT2D eigenvalue weighted by Crippen LogP contribution is -2.30. The van der Waals surface area contributed by atoms with Crippen molar-refractivity contribution in [3.8, 4) is 0 Å². The summed E-state index contributed by atoms with van der Waals surface area (Å²) in [6, 6.07) is 0. The molecule has 0 heterocycles. The van der Waals surface area contributed by atoms with Crippen molar-refractivity contribution in [3.05, 3.63) is 0 Å². The molecule has 1 atom stereocenters. The van der Waals surface area contributed by atoms with Crippen molar-refractivity contribution in [3.63, 3.8) is 0 Å². The molecule has 0 fully saturated rings. The average molecular weight is 1020 g/mol. The van der Waals surface area contributed by atoms with E-state index in [2.05, 4.69) is 34.6 Å². The second kappa shape index (κ2) is 58.7. The van der Waals surface area contributed by atoms with Crippen molar-refractivity contribution in [2.75, 3.05) is 13.2 Å². The summed E-state index contributed by atoms with van der Waals surface area (Å²) >= 11 is 0. The van der Waals surface area contributed by atoms with E-state index in [1.54, 1.807) is 0 Å². The molecular weight excluding hydrogens is 889 g/mol. The predicted molar refractivity (Wildman–Crippen MR) is 312 cm³/mol. The van der Waals surface area contributed by atoms with Crippen molar-refractivity contribution in [1.29, 1.82) is 0 Å². The molecule has 0 aromatic heterocycles. The summed E-state index contributed by atoms with van der Waals surface area (Å²) in [5.41, 5.74) is 0. The van der Waals surface area contributed by atoms with Gasteiger partial charge in [-0.15, -0.1) is 0 Å². The zero-order valence-electron chi connectivity index (χ0n) is 49.6. The van der Waals surface area contributed by atoms with Gasteiger partial charge in [-0.1, -0.05) is 336 Å². The molecule has 0 aromatic rings. The lowest BCUT2D eigenvalue weighted by atomic mass is 10.0. The van der Waals surface area contributed by atoms with Gasteiger partial charge in [-0.2, -0.15) is 0 Å². The summed E-state index contributed by atoms with van der Waals surface area (Å²) < 4.78 is 17.0. The van der Waals surface area contributed by atoms with Gasteiger partial charge >= 0.3 is 17.9 Å². The summed E-state index contributed by atoms with van der Waals surface area (Å²) in [5, 5.41) is 0. The average Bonchev–Trinajstić information content (AvgIpc) is 3.36. The summed E-state index contributed by atoms with van der Waals surface area (Å²) in [4.78, 5) is 38.3. The van der Waals surface area contributed by atoms with E-state index in [1.165, 1.54) is 263 Å². The van der Waals surface area contributed by atoms with E-state index in [0.717, 1.165) is 69.6 Å². The third-order valence-corrected chi connectivity index (χ3v) is 15.2. The molecule has 0 saturated carbocycles. The van der Waals surface area contributed by atoms with Gasteiger partial charge in [0, 0.05) is 19.3 Å². The van der Waals surface area contributed by atoms with E-state index in [4.69, 9.17) is 14.2 Å². The number of unbranched alkanes of at least 4 members (excludes halogenated alkanes) is 45. The maximum absolute atomic E-state index is 12.9. The first-order chi connectivity index (χ1) is 35.2. The second-order valence-electron chi connectivity index (χ2n) is 23.7. The largest absolute Gasteiger partial charge is 0.462 e. The number of esters is 3. The van der Waals surface area contributed by atoms with Crippen molar-refractivity contribution in [2.24, 2.45) is 11.8 Å². The summed E-state index contributed by atoms with van der Waals surface area (Å²) in [6.07, 6.45) is 65.3. The van der Waals surface area contributed by atoms with Crippen molar-refractivity contribution >= 4 is 17.9 Å². The van der Waals surface area contributed by atoms with E-state index >= 15 is 0 Å². The van der Waals surface area contributed by atoms with Crippen LogP contribution in [0.15, 0.2) is 0 Å². The number of carbonyl (C=O) groups excluding carboxylic acids is 3. The minimum Gasteiger partial charge on any atom is -0.462 e. The normalized spacial score (nSPS) is 12.0. The fraction of sp³-hybridized carbons (Fsp3) is 0.955. The maximum Gasteiger partial charge on any atom is 0.306 e. The van der Waals surface area contributed by atoms with E-state index in [-0.39, 0.29) is 31.1 Å². The van der Waals surface area contributed by atoms with Crippen LogP contribution in [0.1, 0.15) is 375 Å². The number of hydrogen-bond donors (Lipinski definition) is 0. The lowest BCUT2D eigenvalue weighted by Gasteiger charge is -2.18. The smallest absolute Gasteiger partial charge is 0.306 e. The first-order valence-electron chi connectivity index (χ1n) is 32.7. The van der Waals surface area contributed by atoms with E-state index in [1.807, 2.05) is 0 Å². The lowest BCUT2D eigenvalue weighted by molar-refractivity contribution is -0.167. The van der Waals surface area contributed by atoms with Gasteiger partial charge in [0.25, 0.3) is 0 Å². The molecule has 0 rings (SSSR count). The van der Waals surface area contributed by atoms with Crippen LogP contribution in [0.4, 0.5) is 0 Å². The van der Waals surface area contributed by atoms with Crippen LogP contribution in [-0.2, 0) is 28.6 Å². The second-order valence-corrected chi connectivity index (χ2v) is 23.7. The third kappa shape index (κ3) is 59.3. The molecule has 6 nitrogen and oxygen atoms in total. The van der Waals surface area contributed by atoms with Crippen molar-refractivity contribution in [2.45, 2.75) is 381 Å². The molecule has 0 amide bonds. The molecule has 6 heteroatoms. The van der Waals surface area contributed by atoms with Crippen LogP contribution < -0.4 is 0 Å². The minimum atomic E-state index is -0.764. The highest BCUT2D eigenvalue weighted by Crippen LogP contribution is 2.19. The molecule has 0 unspecified atom stereocenters. The number of rotatable bonds is 60. The molecular formula is C66H128O6. The van der Waals surface area contributed by atoms with E-state index < -0.39 is 6.10 Å².